The Morgan fingerprint density at radius 1 is 1.38 bits per heavy atom. The van der Waals surface area contributed by atoms with Gasteiger partial charge < -0.3 is 5.32 Å². The molecule has 0 aliphatic heterocycles. The van der Waals surface area contributed by atoms with Crippen molar-refractivity contribution >= 4 is 23.2 Å². The summed E-state index contributed by atoms with van der Waals surface area (Å²) in [5.74, 6) is -0.719. The van der Waals surface area contributed by atoms with Crippen molar-refractivity contribution in [1.82, 2.24) is 19.6 Å². The van der Waals surface area contributed by atoms with Crippen LogP contribution >= 0.6 is 11.6 Å². The molecule has 8 heteroatoms. The molecule has 3 rings (SSSR count). The summed E-state index contributed by atoms with van der Waals surface area (Å²) in [7, 11) is 1.71. The zero-order chi connectivity index (χ0) is 17.3. The number of rotatable bonds is 4. The normalized spacial score (nSPS) is 10.8. The predicted molar refractivity (Wildman–Crippen MR) is 88.6 cm³/mol. The molecule has 0 saturated carbocycles. The van der Waals surface area contributed by atoms with Crippen LogP contribution in [0.5, 0.6) is 0 Å². The van der Waals surface area contributed by atoms with Gasteiger partial charge in [0.15, 0.2) is 5.69 Å². The second kappa shape index (κ2) is 6.45. The number of carbonyl (C=O) groups is 1. The third-order valence-corrected chi connectivity index (χ3v) is 4.11. The fourth-order valence-electron chi connectivity index (χ4n) is 2.23. The quantitative estimate of drug-likeness (QED) is 0.789. The number of hydrogen-bond donors (Lipinski definition) is 1. The summed E-state index contributed by atoms with van der Waals surface area (Å²) in [6.07, 6.45) is 3.11. The third kappa shape index (κ3) is 3.16. The van der Waals surface area contributed by atoms with Crippen molar-refractivity contribution in [2.75, 3.05) is 5.32 Å². The smallest absolute Gasteiger partial charge is 0.277 e. The fourth-order valence-corrected chi connectivity index (χ4v) is 2.48. The molecule has 6 nitrogen and oxygen atoms in total. The van der Waals surface area contributed by atoms with Gasteiger partial charge in [0.05, 0.1) is 29.1 Å². The first-order chi connectivity index (χ1) is 11.5. The molecule has 0 unspecified atom stereocenters. The number of hydrogen-bond acceptors (Lipinski definition) is 3. The fraction of sp³-hybridized carbons (Fsp3) is 0.188. The lowest BCUT2D eigenvalue weighted by molar-refractivity contribution is 0.102. The number of amides is 1. The molecule has 24 heavy (non-hydrogen) atoms. The minimum absolute atomic E-state index is 0.151. The van der Waals surface area contributed by atoms with Gasteiger partial charge in [-0.3, -0.25) is 14.2 Å². The van der Waals surface area contributed by atoms with Gasteiger partial charge in [0.25, 0.3) is 5.91 Å². The van der Waals surface area contributed by atoms with Crippen molar-refractivity contribution in [3.8, 4) is 0 Å². The predicted octanol–water partition coefficient (Wildman–Crippen LogP) is 3.02. The van der Waals surface area contributed by atoms with Crippen LogP contribution in [0.2, 0.25) is 5.02 Å². The molecule has 3 aromatic rings. The zero-order valence-corrected chi connectivity index (χ0v) is 13.9. The molecule has 124 valence electrons. The highest BCUT2D eigenvalue weighted by molar-refractivity contribution is 6.34. The van der Waals surface area contributed by atoms with E-state index in [9.17, 15) is 9.18 Å². The minimum Gasteiger partial charge on any atom is -0.318 e. The Balaban J connectivity index is 1.73. The van der Waals surface area contributed by atoms with Gasteiger partial charge in [-0.05, 0) is 13.0 Å². The molecule has 1 N–H and O–H groups in total. The van der Waals surface area contributed by atoms with Crippen LogP contribution in [0.25, 0.3) is 0 Å². The molecule has 2 aromatic heterocycles. The molecule has 0 radical (unpaired) electrons. The summed E-state index contributed by atoms with van der Waals surface area (Å²) in [4.78, 5) is 12.3. The Bertz CT molecular complexity index is 902. The molecule has 0 aliphatic rings. The first-order valence-corrected chi connectivity index (χ1v) is 7.60. The van der Waals surface area contributed by atoms with Crippen LogP contribution in [0.1, 0.15) is 21.7 Å². The lowest BCUT2D eigenvalue weighted by atomic mass is 10.2. The second-order valence-corrected chi connectivity index (χ2v) is 5.72. The maximum atomic E-state index is 13.7. The summed E-state index contributed by atoms with van der Waals surface area (Å²) in [5.41, 5.74) is 1.85. The van der Waals surface area contributed by atoms with Gasteiger partial charge in [-0.25, -0.2) is 4.39 Å². The van der Waals surface area contributed by atoms with E-state index in [4.69, 9.17) is 11.6 Å². The molecule has 2 heterocycles. The molecule has 0 spiro atoms. The Hall–Kier alpha value is -2.67. The molecule has 0 fully saturated rings. The first kappa shape index (κ1) is 16.2. The summed E-state index contributed by atoms with van der Waals surface area (Å²) >= 11 is 6.10. The van der Waals surface area contributed by atoms with Crippen LogP contribution in [0.3, 0.4) is 0 Å². The lowest BCUT2D eigenvalue weighted by Gasteiger charge is -2.03. The lowest BCUT2D eigenvalue weighted by Crippen LogP contribution is -2.13. The van der Waals surface area contributed by atoms with Crippen molar-refractivity contribution in [2.45, 2.75) is 13.5 Å². The van der Waals surface area contributed by atoms with E-state index < -0.39 is 5.91 Å². The molecule has 0 atom stereocenters. The number of anilines is 1. The van der Waals surface area contributed by atoms with Crippen molar-refractivity contribution in [3.63, 3.8) is 0 Å². The number of carbonyl (C=O) groups excluding carboxylic acids is 1. The molecule has 0 saturated heterocycles. The van der Waals surface area contributed by atoms with E-state index in [0.717, 1.165) is 0 Å². The van der Waals surface area contributed by atoms with Gasteiger partial charge in [0.2, 0.25) is 0 Å². The van der Waals surface area contributed by atoms with Gasteiger partial charge in [0.1, 0.15) is 5.82 Å². The van der Waals surface area contributed by atoms with E-state index in [1.165, 1.54) is 12.3 Å². The van der Waals surface area contributed by atoms with E-state index in [1.54, 1.807) is 47.7 Å². The molecule has 1 aromatic carbocycles. The molecule has 0 aliphatic carbocycles. The average molecular weight is 348 g/mol. The first-order valence-electron chi connectivity index (χ1n) is 7.22. The zero-order valence-electron chi connectivity index (χ0n) is 13.1. The SMILES string of the molecule is Cc1c(Cl)c(C(=O)Nc2cnn(Cc3ccccc3F)c2)nn1C. The molecular formula is C16H15ClFN5O. The third-order valence-electron chi connectivity index (χ3n) is 3.66. The van der Waals surface area contributed by atoms with E-state index in [2.05, 4.69) is 15.5 Å². The highest BCUT2D eigenvalue weighted by atomic mass is 35.5. The van der Waals surface area contributed by atoms with Crippen LogP contribution in [-0.4, -0.2) is 25.5 Å². The Morgan fingerprint density at radius 2 is 2.12 bits per heavy atom. The number of halogens is 2. The minimum atomic E-state index is -0.422. The topological polar surface area (TPSA) is 64.7 Å². The maximum Gasteiger partial charge on any atom is 0.277 e. The highest BCUT2D eigenvalue weighted by Gasteiger charge is 2.18. The van der Waals surface area contributed by atoms with E-state index in [-0.39, 0.29) is 18.1 Å². The monoisotopic (exact) mass is 347 g/mol. The Morgan fingerprint density at radius 3 is 2.79 bits per heavy atom. The molecular weight excluding hydrogens is 333 g/mol. The van der Waals surface area contributed by atoms with Crippen LogP contribution in [-0.2, 0) is 13.6 Å². The van der Waals surface area contributed by atoms with Crippen molar-refractivity contribution in [3.05, 3.63) is 64.5 Å². The van der Waals surface area contributed by atoms with E-state index in [0.29, 0.717) is 22.0 Å². The van der Waals surface area contributed by atoms with Gasteiger partial charge in [-0.1, -0.05) is 29.8 Å². The largest absolute Gasteiger partial charge is 0.318 e. The van der Waals surface area contributed by atoms with Crippen LogP contribution in [0, 0.1) is 12.7 Å². The van der Waals surface area contributed by atoms with Crippen molar-refractivity contribution in [2.24, 2.45) is 7.05 Å². The second-order valence-electron chi connectivity index (χ2n) is 5.34. The van der Waals surface area contributed by atoms with Crippen molar-refractivity contribution < 1.29 is 9.18 Å². The van der Waals surface area contributed by atoms with Crippen LogP contribution in [0.4, 0.5) is 10.1 Å². The summed E-state index contributed by atoms with van der Waals surface area (Å²) in [6, 6.07) is 6.47. The van der Waals surface area contributed by atoms with E-state index in [1.807, 2.05) is 0 Å². The summed E-state index contributed by atoms with van der Waals surface area (Å²) in [5, 5.41) is 11.2. The van der Waals surface area contributed by atoms with Gasteiger partial charge >= 0.3 is 0 Å². The number of aryl methyl sites for hydroxylation is 1. The standard InChI is InChI=1S/C16H15ClFN5O/c1-10-14(17)15(21-22(10)2)16(24)20-12-7-19-23(9-12)8-11-5-3-4-6-13(11)18/h3-7,9H,8H2,1-2H3,(H,20,24). The summed E-state index contributed by atoms with van der Waals surface area (Å²) < 4.78 is 16.7. The molecule has 0 bridgehead atoms. The van der Waals surface area contributed by atoms with E-state index >= 15 is 0 Å². The number of nitrogens with zero attached hydrogens (tertiary/aromatic N) is 4. The highest BCUT2D eigenvalue weighted by Crippen LogP contribution is 2.20. The number of benzene rings is 1. The van der Waals surface area contributed by atoms with Gasteiger partial charge in [0, 0.05) is 18.8 Å². The summed E-state index contributed by atoms with van der Waals surface area (Å²) in [6.45, 7) is 2.05. The Kier molecular flexibility index (Phi) is 4.35. The van der Waals surface area contributed by atoms with Crippen LogP contribution in [0.15, 0.2) is 36.7 Å². The van der Waals surface area contributed by atoms with Gasteiger partial charge in [-0.15, -0.1) is 0 Å². The molecule has 1 amide bonds. The average Bonchev–Trinajstić information content (AvgIpc) is 3.09. The maximum absolute atomic E-state index is 13.7. The van der Waals surface area contributed by atoms with Gasteiger partial charge in [-0.2, -0.15) is 10.2 Å². The number of aromatic nitrogens is 4. The number of nitrogens with one attached hydrogen (secondary N) is 1. The Labute approximate surface area is 142 Å². The van der Waals surface area contributed by atoms with Crippen molar-refractivity contribution in [1.29, 1.82) is 0 Å². The van der Waals surface area contributed by atoms with Crippen LogP contribution < -0.4 is 5.32 Å².